The lowest BCUT2D eigenvalue weighted by molar-refractivity contribution is -0.138. The number of urea groups is 1. The monoisotopic (exact) mass is 354 g/mol. The smallest absolute Gasteiger partial charge is 0.420 e. The van der Waals surface area contributed by atoms with Gasteiger partial charge >= 0.3 is 12.2 Å². The third-order valence-corrected chi connectivity index (χ3v) is 3.38. The maximum atomic E-state index is 13.1. The summed E-state index contributed by atoms with van der Waals surface area (Å²) >= 11 is 0. The van der Waals surface area contributed by atoms with Crippen molar-refractivity contribution < 1.29 is 27.4 Å². The Morgan fingerprint density at radius 1 is 0.960 bits per heavy atom. The number of methoxy groups -OCH3 is 2. The van der Waals surface area contributed by atoms with Crippen molar-refractivity contribution in [2.75, 3.05) is 24.9 Å². The fourth-order valence-electron chi connectivity index (χ4n) is 2.14. The van der Waals surface area contributed by atoms with Crippen molar-refractivity contribution in [3.05, 3.63) is 47.5 Å². The van der Waals surface area contributed by atoms with Gasteiger partial charge in [0.2, 0.25) is 0 Å². The molecule has 134 valence electrons. The summed E-state index contributed by atoms with van der Waals surface area (Å²) in [6.45, 7) is 1.89. The van der Waals surface area contributed by atoms with Crippen molar-refractivity contribution in [2.24, 2.45) is 0 Å². The van der Waals surface area contributed by atoms with Crippen LogP contribution in [0, 0.1) is 6.92 Å². The third kappa shape index (κ3) is 4.56. The van der Waals surface area contributed by atoms with Crippen LogP contribution in [0.25, 0.3) is 0 Å². The van der Waals surface area contributed by atoms with Crippen molar-refractivity contribution in [2.45, 2.75) is 13.1 Å². The zero-order valence-corrected chi connectivity index (χ0v) is 13.8. The van der Waals surface area contributed by atoms with Crippen molar-refractivity contribution in [1.82, 2.24) is 0 Å². The minimum Gasteiger partial charge on any atom is -0.496 e. The third-order valence-electron chi connectivity index (χ3n) is 3.38. The highest BCUT2D eigenvalue weighted by Crippen LogP contribution is 2.41. The Bertz CT molecular complexity index is 759. The number of rotatable bonds is 4. The summed E-state index contributed by atoms with van der Waals surface area (Å²) in [6, 6.07) is 8.11. The lowest BCUT2D eigenvalue weighted by atomic mass is 10.1. The first-order valence-corrected chi connectivity index (χ1v) is 7.22. The molecule has 0 saturated heterocycles. The van der Waals surface area contributed by atoms with Crippen molar-refractivity contribution in [3.63, 3.8) is 0 Å². The molecule has 0 radical (unpaired) electrons. The number of hydrogen-bond donors (Lipinski definition) is 2. The summed E-state index contributed by atoms with van der Waals surface area (Å²) < 4.78 is 49.2. The van der Waals surface area contributed by atoms with Crippen LogP contribution in [0.5, 0.6) is 11.5 Å². The molecule has 5 nitrogen and oxygen atoms in total. The molecule has 0 aromatic heterocycles. The highest BCUT2D eigenvalue weighted by atomic mass is 19.4. The lowest BCUT2D eigenvalue weighted by Gasteiger charge is -2.17. The van der Waals surface area contributed by atoms with Gasteiger partial charge in [-0.2, -0.15) is 13.2 Å². The van der Waals surface area contributed by atoms with Crippen molar-refractivity contribution in [3.8, 4) is 11.5 Å². The van der Waals surface area contributed by atoms with Gasteiger partial charge in [-0.15, -0.1) is 0 Å². The molecule has 0 bridgehead atoms. The second-order valence-corrected chi connectivity index (χ2v) is 5.20. The first kappa shape index (κ1) is 18.4. The zero-order chi connectivity index (χ0) is 18.6. The molecule has 2 amide bonds. The molecule has 0 aliphatic heterocycles. The molecule has 2 N–H and O–H groups in total. The molecule has 0 spiro atoms. The number of amides is 2. The molecule has 0 heterocycles. The number of ether oxygens (including phenoxy) is 2. The topological polar surface area (TPSA) is 59.6 Å². The van der Waals surface area contributed by atoms with Gasteiger partial charge in [-0.1, -0.05) is 17.7 Å². The highest BCUT2D eigenvalue weighted by molar-refractivity contribution is 6.00. The first-order valence-electron chi connectivity index (χ1n) is 7.22. The Morgan fingerprint density at radius 3 is 2.08 bits per heavy atom. The van der Waals surface area contributed by atoms with Gasteiger partial charge in [-0.05, 0) is 25.1 Å². The largest absolute Gasteiger partial charge is 0.496 e. The molecule has 2 aromatic carbocycles. The van der Waals surface area contributed by atoms with Crippen LogP contribution in [0.15, 0.2) is 36.4 Å². The van der Waals surface area contributed by atoms with E-state index < -0.39 is 23.5 Å². The van der Waals surface area contributed by atoms with Crippen LogP contribution >= 0.6 is 0 Å². The molecule has 2 rings (SSSR count). The molecular weight excluding hydrogens is 337 g/mol. The van der Waals surface area contributed by atoms with E-state index in [-0.39, 0.29) is 11.4 Å². The predicted octanol–water partition coefficient (Wildman–Crippen LogP) is 4.68. The van der Waals surface area contributed by atoms with E-state index in [4.69, 9.17) is 9.47 Å². The van der Waals surface area contributed by atoms with Gasteiger partial charge in [-0.25, -0.2) is 4.79 Å². The fraction of sp³-hybridized carbons (Fsp3) is 0.235. The SMILES string of the molecule is COc1cc(OC)c(C(F)(F)F)cc1NC(=O)Nc1ccc(C)cc1. The normalized spacial score (nSPS) is 11.0. The number of aryl methyl sites for hydroxylation is 1. The molecule has 0 fully saturated rings. The molecule has 0 unspecified atom stereocenters. The molecule has 0 aliphatic carbocycles. The average Bonchev–Trinajstić information content (AvgIpc) is 2.55. The quantitative estimate of drug-likeness (QED) is 0.838. The molecule has 0 atom stereocenters. The number of nitrogens with one attached hydrogen (secondary N) is 2. The second kappa shape index (κ2) is 7.33. The summed E-state index contributed by atoms with van der Waals surface area (Å²) in [5, 5.41) is 4.90. The molecule has 2 aromatic rings. The number of hydrogen-bond acceptors (Lipinski definition) is 3. The maximum absolute atomic E-state index is 13.1. The van der Waals surface area contributed by atoms with Crippen LogP contribution in [0.3, 0.4) is 0 Å². The van der Waals surface area contributed by atoms with E-state index in [9.17, 15) is 18.0 Å². The summed E-state index contributed by atoms with van der Waals surface area (Å²) in [7, 11) is 2.41. The lowest BCUT2D eigenvalue weighted by Crippen LogP contribution is -2.20. The van der Waals surface area contributed by atoms with Crippen LogP contribution in [-0.2, 0) is 6.18 Å². The Labute approximate surface area is 142 Å². The van der Waals surface area contributed by atoms with Gasteiger partial charge in [0.25, 0.3) is 0 Å². The van der Waals surface area contributed by atoms with E-state index >= 15 is 0 Å². The molecule has 25 heavy (non-hydrogen) atoms. The van der Waals surface area contributed by atoms with E-state index in [2.05, 4.69) is 10.6 Å². The van der Waals surface area contributed by atoms with Crippen LogP contribution in [0.2, 0.25) is 0 Å². The minimum atomic E-state index is -4.64. The Hall–Kier alpha value is -2.90. The number of benzene rings is 2. The van der Waals surface area contributed by atoms with Crippen LogP contribution in [-0.4, -0.2) is 20.3 Å². The maximum Gasteiger partial charge on any atom is 0.420 e. The van der Waals surface area contributed by atoms with Crippen LogP contribution in [0.1, 0.15) is 11.1 Å². The van der Waals surface area contributed by atoms with E-state index in [1.165, 1.54) is 7.11 Å². The van der Waals surface area contributed by atoms with Gasteiger partial charge in [0.05, 0.1) is 25.5 Å². The fourth-order valence-corrected chi connectivity index (χ4v) is 2.14. The average molecular weight is 354 g/mol. The van der Waals surface area contributed by atoms with Crippen LogP contribution in [0.4, 0.5) is 29.3 Å². The molecule has 8 heteroatoms. The summed E-state index contributed by atoms with van der Waals surface area (Å²) in [4.78, 5) is 12.1. The summed E-state index contributed by atoms with van der Waals surface area (Å²) in [5.74, 6) is -0.349. The Balaban J connectivity index is 2.27. The molecular formula is C17H17F3N2O3. The Kier molecular flexibility index (Phi) is 5.41. The van der Waals surface area contributed by atoms with Crippen molar-refractivity contribution >= 4 is 17.4 Å². The predicted molar refractivity (Wildman–Crippen MR) is 88.4 cm³/mol. The van der Waals surface area contributed by atoms with Gasteiger partial charge < -0.3 is 20.1 Å². The number of halogens is 3. The highest BCUT2D eigenvalue weighted by Gasteiger charge is 2.35. The molecule has 0 aliphatic rings. The first-order chi connectivity index (χ1) is 11.7. The van der Waals surface area contributed by atoms with Gasteiger partial charge in [-0.3, -0.25) is 0 Å². The second-order valence-electron chi connectivity index (χ2n) is 5.20. The van der Waals surface area contributed by atoms with Crippen LogP contribution < -0.4 is 20.1 Å². The van der Waals surface area contributed by atoms with E-state index in [0.29, 0.717) is 5.69 Å². The number of anilines is 2. The van der Waals surface area contributed by atoms with Gasteiger partial charge in [0.15, 0.2) is 0 Å². The number of alkyl halides is 3. The standard InChI is InChI=1S/C17H17F3N2O3/c1-10-4-6-11(7-5-10)21-16(23)22-13-8-12(17(18,19)20)14(24-2)9-15(13)25-3/h4-9H,1-3H3,(H2,21,22,23). The van der Waals surface area contributed by atoms with Crippen molar-refractivity contribution in [1.29, 1.82) is 0 Å². The van der Waals surface area contributed by atoms with E-state index in [0.717, 1.165) is 24.8 Å². The zero-order valence-electron chi connectivity index (χ0n) is 13.8. The van der Waals surface area contributed by atoms with Gasteiger partial charge in [0, 0.05) is 11.8 Å². The minimum absolute atomic E-state index is 0.0453. The van der Waals surface area contributed by atoms with Gasteiger partial charge in [0.1, 0.15) is 11.5 Å². The number of carbonyl (C=O) groups is 1. The van der Waals surface area contributed by atoms with E-state index in [1.54, 1.807) is 24.3 Å². The molecule has 0 saturated carbocycles. The number of carbonyl (C=O) groups excluding carboxylic acids is 1. The van der Waals surface area contributed by atoms with E-state index in [1.807, 2.05) is 6.92 Å². The Morgan fingerprint density at radius 2 is 1.56 bits per heavy atom. The summed E-state index contributed by atoms with van der Waals surface area (Å²) in [5.41, 5.74) is 0.380. The summed E-state index contributed by atoms with van der Waals surface area (Å²) in [6.07, 6.45) is -4.64.